The Balaban J connectivity index is 1.93. The molecule has 0 aromatic heterocycles. The predicted molar refractivity (Wildman–Crippen MR) is 132 cm³/mol. The van der Waals surface area contributed by atoms with Gasteiger partial charge in [0.05, 0.1) is 11.1 Å². The Morgan fingerprint density at radius 1 is 1.06 bits per heavy atom. The zero-order chi connectivity index (χ0) is 22.8. The first-order valence-corrected chi connectivity index (χ1v) is 11.4. The minimum Gasteiger partial charge on any atom is -0.492 e. The van der Waals surface area contributed by atoms with Gasteiger partial charge < -0.3 is 15.0 Å². The molecule has 0 fully saturated rings. The van der Waals surface area contributed by atoms with Gasteiger partial charge in [-0.15, -0.1) is 0 Å². The van der Waals surface area contributed by atoms with E-state index in [1.54, 1.807) is 56.6 Å². The molecule has 6 nitrogen and oxygen atoms in total. The van der Waals surface area contributed by atoms with Crippen molar-refractivity contribution in [3.8, 4) is 5.75 Å². The quantitative estimate of drug-likeness (QED) is 0.360. The van der Waals surface area contributed by atoms with Crippen LogP contribution in [-0.2, 0) is 0 Å². The molecule has 0 bridgehead atoms. The maximum Gasteiger partial charge on any atom is 0.257 e. The minimum absolute atomic E-state index is 0.115. The van der Waals surface area contributed by atoms with Crippen LogP contribution in [-0.4, -0.2) is 42.5 Å². The Labute approximate surface area is 197 Å². The van der Waals surface area contributed by atoms with E-state index in [1.807, 2.05) is 0 Å². The molecule has 0 radical (unpaired) electrons. The molecule has 0 aliphatic rings. The number of benzene rings is 2. The Bertz CT molecular complexity index is 934. The highest BCUT2D eigenvalue weighted by atomic mass is 79.9. The van der Waals surface area contributed by atoms with E-state index in [4.69, 9.17) is 17.0 Å². The van der Waals surface area contributed by atoms with E-state index >= 15 is 0 Å². The van der Waals surface area contributed by atoms with E-state index in [-0.39, 0.29) is 16.9 Å². The van der Waals surface area contributed by atoms with Crippen molar-refractivity contribution in [2.24, 2.45) is 0 Å². The number of carbonyl (C=O) groups excluding carboxylic acids is 2. The molecule has 2 rings (SSSR count). The normalized spacial score (nSPS) is 10.3. The van der Waals surface area contributed by atoms with Crippen LogP contribution in [0.1, 0.15) is 53.3 Å². The highest BCUT2D eigenvalue weighted by Gasteiger charge is 2.12. The molecule has 31 heavy (non-hydrogen) atoms. The third-order valence-corrected chi connectivity index (χ3v) is 5.27. The number of hydrogen-bond acceptors (Lipinski definition) is 4. The summed E-state index contributed by atoms with van der Waals surface area (Å²) in [6.07, 6.45) is 4.53. The molecular formula is C23H28BrN3O3S. The van der Waals surface area contributed by atoms with Gasteiger partial charge in [-0.1, -0.05) is 32.3 Å². The Morgan fingerprint density at radius 3 is 2.52 bits per heavy atom. The lowest BCUT2D eigenvalue weighted by atomic mass is 10.2. The molecule has 0 saturated heterocycles. The van der Waals surface area contributed by atoms with E-state index in [0.29, 0.717) is 33.6 Å². The molecule has 2 aromatic rings. The van der Waals surface area contributed by atoms with Gasteiger partial charge in [0.1, 0.15) is 5.75 Å². The zero-order valence-electron chi connectivity index (χ0n) is 18.0. The number of amides is 2. The summed E-state index contributed by atoms with van der Waals surface area (Å²) in [6.45, 7) is 2.82. The number of hydrogen-bond donors (Lipinski definition) is 2. The molecule has 2 N–H and O–H groups in total. The summed E-state index contributed by atoms with van der Waals surface area (Å²) in [4.78, 5) is 26.1. The van der Waals surface area contributed by atoms with E-state index < -0.39 is 0 Å². The van der Waals surface area contributed by atoms with Crippen LogP contribution in [0.4, 0.5) is 5.69 Å². The summed E-state index contributed by atoms with van der Waals surface area (Å²) in [6, 6.07) is 12.1. The number of anilines is 1. The Kier molecular flexibility index (Phi) is 9.94. The van der Waals surface area contributed by atoms with Crippen molar-refractivity contribution >= 4 is 50.8 Å². The van der Waals surface area contributed by atoms with Gasteiger partial charge in [-0.3, -0.25) is 14.9 Å². The first-order chi connectivity index (χ1) is 14.8. The van der Waals surface area contributed by atoms with Crippen LogP contribution in [0.15, 0.2) is 46.9 Å². The Hall–Kier alpha value is -2.45. The average Bonchev–Trinajstić information content (AvgIpc) is 2.73. The molecule has 0 spiro atoms. The SMILES string of the molecule is CCCCCCOc1ccc(C(=O)NC(=S)Nc2cccc(C(=O)N(C)C)c2)cc1Br. The van der Waals surface area contributed by atoms with Crippen LogP contribution in [0.5, 0.6) is 5.75 Å². The topological polar surface area (TPSA) is 70.7 Å². The number of nitrogens with zero attached hydrogens (tertiary/aromatic N) is 1. The molecule has 0 aliphatic carbocycles. The summed E-state index contributed by atoms with van der Waals surface area (Å²) < 4.78 is 6.49. The second kappa shape index (κ2) is 12.4. The van der Waals surface area contributed by atoms with Crippen molar-refractivity contribution in [3.63, 3.8) is 0 Å². The number of halogens is 1. The first-order valence-electron chi connectivity index (χ1n) is 10.2. The van der Waals surface area contributed by atoms with Gasteiger partial charge in [-0.2, -0.15) is 0 Å². The standard InChI is InChI=1S/C23H28BrN3O3S/c1-4-5-6-7-13-30-20-12-11-16(15-19(20)24)21(28)26-23(31)25-18-10-8-9-17(14-18)22(29)27(2)3/h8-12,14-15H,4-7,13H2,1-3H3,(H2,25,26,28,31). The molecule has 0 atom stereocenters. The number of carbonyl (C=O) groups is 2. The lowest BCUT2D eigenvalue weighted by Crippen LogP contribution is -2.34. The van der Waals surface area contributed by atoms with Gasteiger partial charge in [0.25, 0.3) is 11.8 Å². The van der Waals surface area contributed by atoms with E-state index in [9.17, 15) is 9.59 Å². The number of nitrogens with one attached hydrogen (secondary N) is 2. The molecule has 8 heteroatoms. The second-order valence-corrected chi connectivity index (χ2v) is 8.51. The molecule has 2 aromatic carbocycles. The van der Waals surface area contributed by atoms with Gasteiger partial charge in [-0.05, 0) is 71.0 Å². The number of thiocarbonyl (C=S) groups is 1. The first kappa shape index (κ1) is 24.8. The van der Waals surface area contributed by atoms with E-state index in [1.165, 1.54) is 17.7 Å². The van der Waals surface area contributed by atoms with Crippen LogP contribution in [0, 0.1) is 0 Å². The molecule has 0 saturated carbocycles. The van der Waals surface area contributed by atoms with Gasteiger partial charge in [-0.25, -0.2) is 0 Å². The fourth-order valence-electron chi connectivity index (χ4n) is 2.80. The third kappa shape index (κ3) is 7.95. The van der Waals surface area contributed by atoms with Crippen LogP contribution in [0.25, 0.3) is 0 Å². The molecule has 0 heterocycles. The smallest absolute Gasteiger partial charge is 0.257 e. The molecule has 166 valence electrons. The molecule has 2 amide bonds. The van der Waals surface area contributed by atoms with Gasteiger partial charge in [0.2, 0.25) is 0 Å². The summed E-state index contributed by atoms with van der Waals surface area (Å²) in [5, 5.41) is 5.74. The fourth-order valence-corrected chi connectivity index (χ4v) is 3.50. The third-order valence-electron chi connectivity index (χ3n) is 4.45. The van der Waals surface area contributed by atoms with Crippen LogP contribution in [0.2, 0.25) is 0 Å². The van der Waals surface area contributed by atoms with Gasteiger partial charge >= 0.3 is 0 Å². The predicted octanol–water partition coefficient (Wildman–Crippen LogP) is 5.24. The number of unbranched alkanes of at least 4 members (excludes halogenated alkanes) is 3. The molecule has 0 aliphatic heterocycles. The van der Waals surface area contributed by atoms with Crippen molar-refractivity contribution in [1.29, 1.82) is 0 Å². The molecule has 0 unspecified atom stereocenters. The highest BCUT2D eigenvalue weighted by Crippen LogP contribution is 2.26. The zero-order valence-corrected chi connectivity index (χ0v) is 20.4. The maximum atomic E-state index is 12.5. The van der Waals surface area contributed by atoms with Crippen molar-refractivity contribution in [2.45, 2.75) is 32.6 Å². The minimum atomic E-state index is -0.340. The monoisotopic (exact) mass is 505 g/mol. The van der Waals surface area contributed by atoms with E-state index in [0.717, 1.165) is 12.8 Å². The second-order valence-electron chi connectivity index (χ2n) is 7.24. The largest absolute Gasteiger partial charge is 0.492 e. The van der Waals surface area contributed by atoms with Gasteiger partial charge in [0.15, 0.2) is 5.11 Å². The van der Waals surface area contributed by atoms with Crippen molar-refractivity contribution in [2.75, 3.05) is 26.0 Å². The van der Waals surface area contributed by atoms with Crippen molar-refractivity contribution in [3.05, 3.63) is 58.1 Å². The summed E-state index contributed by atoms with van der Waals surface area (Å²) in [5.74, 6) is 0.250. The van der Waals surface area contributed by atoms with E-state index in [2.05, 4.69) is 33.5 Å². The fraction of sp³-hybridized carbons (Fsp3) is 0.348. The Morgan fingerprint density at radius 2 is 1.84 bits per heavy atom. The van der Waals surface area contributed by atoms with Gasteiger partial charge in [0, 0.05) is 30.9 Å². The van der Waals surface area contributed by atoms with Crippen LogP contribution in [0.3, 0.4) is 0 Å². The summed E-state index contributed by atoms with van der Waals surface area (Å²) in [5.41, 5.74) is 1.59. The highest BCUT2D eigenvalue weighted by molar-refractivity contribution is 9.10. The summed E-state index contributed by atoms with van der Waals surface area (Å²) >= 11 is 8.71. The maximum absolute atomic E-state index is 12.5. The summed E-state index contributed by atoms with van der Waals surface area (Å²) in [7, 11) is 3.38. The molecular weight excluding hydrogens is 478 g/mol. The lowest BCUT2D eigenvalue weighted by molar-refractivity contribution is 0.0827. The van der Waals surface area contributed by atoms with Crippen LogP contribution >= 0.6 is 28.1 Å². The number of rotatable bonds is 9. The van der Waals surface area contributed by atoms with Crippen molar-refractivity contribution in [1.82, 2.24) is 10.2 Å². The van der Waals surface area contributed by atoms with Crippen LogP contribution < -0.4 is 15.4 Å². The lowest BCUT2D eigenvalue weighted by Gasteiger charge is -2.13. The number of ether oxygens (including phenoxy) is 1. The average molecular weight is 506 g/mol. The van der Waals surface area contributed by atoms with Crippen molar-refractivity contribution < 1.29 is 14.3 Å².